The Balaban J connectivity index is 2.26. The van der Waals surface area contributed by atoms with Crippen LogP contribution in [0, 0.1) is 13.8 Å². The van der Waals surface area contributed by atoms with Gasteiger partial charge in [-0.25, -0.2) is 0 Å². The molecule has 0 N–H and O–H groups in total. The van der Waals surface area contributed by atoms with E-state index in [0.717, 1.165) is 6.42 Å². The van der Waals surface area contributed by atoms with Crippen molar-refractivity contribution in [3.8, 4) is 11.1 Å². The fourth-order valence-corrected chi connectivity index (χ4v) is 3.86. The molecule has 0 radical (unpaired) electrons. The van der Waals surface area contributed by atoms with Crippen molar-refractivity contribution < 1.29 is 0 Å². The van der Waals surface area contributed by atoms with Crippen LogP contribution in [0.2, 0.25) is 0 Å². The van der Waals surface area contributed by atoms with E-state index in [1.54, 1.807) is 0 Å². The highest BCUT2D eigenvalue weighted by Crippen LogP contribution is 2.44. The largest absolute Gasteiger partial charge is 0.0582 e. The zero-order valence-electron chi connectivity index (χ0n) is 16.0. The summed E-state index contributed by atoms with van der Waals surface area (Å²) < 4.78 is 0. The first-order valence-corrected chi connectivity index (χ1v) is 8.77. The molecule has 0 heteroatoms. The van der Waals surface area contributed by atoms with E-state index < -0.39 is 0 Å². The maximum absolute atomic E-state index is 2.47. The third-order valence-corrected chi connectivity index (χ3v) is 5.47. The van der Waals surface area contributed by atoms with E-state index in [0.29, 0.717) is 0 Å². The first-order chi connectivity index (χ1) is 10.5. The first-order valence-electron chi connectivity index (χ1n) is 8.77. The molecule has 2 aromatic carbocycles. The van der Waals surface area contributed by atoms with Crippen LogP contribution in [-0.2, 0) is 17.3 Å². The van der Waals surface area contributed by atoms with Crippen LogP contribution in [-0.4, -0.2) is 0 Å². The van der Waals surface area contributed by atoms with Gasteiger partial charge in [0.1, 0.15) is 0 Å². The number of fused-ring (bicyclic) bond motifs is 3. The molecule has 122 valence electrons. The van der Waals surface area contributed by atoms with E-state index in [1.165, 1.54) is 44.5 Å². The predicted octanol–water partition coefficient (Wildman–Crippen LogP) is 6.47. The standard InChI is InChI=1S/C23H30/c1-14-15(2)21(23(6,7)8)13-20-18(14)11-16-9-10-17(12-19(16)20)22(3,4)5/h9-10,12-13H,11H2,1-8H3. The molecule has 0 nitrogen and oxygen atoms in total. The second-order valence-electron chi connectivity index (χ2n) is 9.25. The molecule has 0 amide bonds. The van der Waals surface area contributed by atoms with Crippen LogP contribution in [0.3, 0.4) is 0 Å². The van der Waals surface area contributed by atoms with Gasteiger partial charge in [0.2, 0.25) is 0 Å². The fourth-order valence-electron chi connectivity index (χ4n) is 3.86. The minimum atomic E-state index is 0.189. The Morgan fingerprint density at radius 2 is 1.39 bits per heavy atom. The Labute approximate surface area is 141 Å². The van der Waals surface area contributed by atoms with Gasteiger partial charge in [-0.05, 0) is 75.6 Å². The van der Waals surface area contributed by atoms with Crippen LogP contribution in [0.5, 0.6) is 0 Å². The van der Waals surface area contributed by atoms with E-state index in [4.69, 9.17) is 0 Å². The van der Waals surface area contributed by atoms with Gasteiger partial charge in [-0.2, -0.15) is 0 Å². The highest BCUT2D eigenvalue weighted by Gasteiger charge is 2.27. The van der Waals surface area contributed by atoms with Gasteiger partial charge >= 0.3 is 0 Å². The molecule has 0 spiro atoms. The van der Waals surface area contributed by atoms with Gasteiger partial charge in [0.05, 0.1) is 0 Å². The quantitative estimate of drug-likeness (QED) is 0.446. The molecule has 0 aromatic heterocycles. The lowest BCUT2D eigenvalue weighted by atomic mass is 9.79. The highest BCUT2D eigenvalue weighted by atomic mass is 14.3. The smallest absolute Gasteiger partial charge is 0.00107 e. The topological polar surface area (TPSA) is 0 Å². The van der Waals surface area contributed by atoms with Crippen molar-refractivity contribution in [1.29, 1.82) is 0 Å². The molecule has 2 aromatic rings. The summed E-state index contributed by atoms with van der Waals surface area (Å²) in [6, 6.07) is 9.57. The number of hydrogen-bond acceptors (Lipinski definition) is 0. The monoisotopic (exact) mass is 306 g/mol. The molecule has 0 heterocycles. The Hall–Kier alpha value is -1.56. The Morgan fingerprint density at radius 3 is 1.96 bits per heavy atom. The van der Waals surface area contributed by atoms with Crippen LogP contribution in [0.4, 0.5) is 0 Å². The number of benzene rings is 2. The lowest BCUT2D eigenvalue weighted by molar-refractivity contribution is 0.585. The lowest BCUT2D eigenvalue weighted by Crippen LogP contribution is -2.14. The van der Waals surface area contributed by atoms with Gasteiger partial charge in [-0.1, -0.05) is 65.8 Å². The van der Waals surface area contributed by atoms with Crippen LogP contribution >= 0.6 is 0 Å². The summed E-state index contributed by atoms with van der Waals surface area (Å²) >= 11 is 0. The van der Waals surface area contributed by atoms with E-state index in [9.17, 15) is 0 Å². The van der Waals surface area contributed by atoms with Crippen molar-refractivity contribution in [2.24, 2.45) is 0 Å². The summed E-state index contributed by atoms with van der Waals surface area (Å²) in [5.74, 6) is 0. The maximum atomic E-state index is 2.47. The molecule has 0 bridgehead atoms. The SMILES string of the molecule is Cc1c(C(C)(C)C)cc2c(c1C)Cc1ccc(C(C)(C)C)cc1-2. The highest BCUT2D eigenvalue weighted by molar-refractivity contribution is 5.80. The molecule has 0 fully saturated rings. The minimum absolute atomic E-state index is 0.189. The predicted molar refractivity (Wildman–Crippen MR) is 102 cm³/mol. The summed E-state index contributed by atoms with van der Waals surface area (Å²) in [4.78, 5) is 0. The van der Waals surface area contributed by atoms with Gasteiger partial charge in [0, 0.05) is 0 Å². The van der Waals surface area contributed by atoms with Crippen molar-refractivity contribution in [2.75, 3.05) is 0 Å². The van der Waals surface area contributed by atoms with Gasteiger partial charge in [-0.15, -0.1) is 0 Å². The zero-order valence-corrected chi connectivity index (χ0v) is 16.0. The van der Waals surface area contributed by atoms with Crippen molar-refractivity contribution in [2.45, 2.75) is 72.6 Å². The van der Waals surface area contributed by atoms with Gasteiger partial charge in [0.25, 0.3) is 0 Å². The maximum Gasteiger partial charge on any atom is -0.00107 e. The third-order valence-electron chi connectivity index (χ3n) is 5.47. The van der Waals surface area contributed by atoms with E-state index >= 15 is 0 Å². The number of rotatable bonds is 0. The van der Waals surface area contributed by atoms with Gasteiger partial charge < -0.3 is 0 Å². The Bertz CT molecular complexity index is 777. The summed E-state index contributed by atoms with van der Waals surface area (Å²) in [6.45, 7) is 18.5. The molecular weight excluding hydrogens is 276 g/mol. The van der Waals surface area contributed by atoms with Crippen LogP contribution in [0.25, 0.3) is 11.1 Å². The van der Waals surface area contributed by atoms with Crippen LogP contribution < -0.4 is 0 Å². The molecule has 1 aliphatic rings. The van der Waals surface area contributed by atoms with E-state index in [2.05, 4.69) is 79.7 Å². The van der Waals surface area contributed by atoms with Crippen molar-refractivity contribution in [3.63, 3.8) is 0 Å². The van der Waals surface area contributed by atoms with Crippen molar-refractivity contribution >= 4 is 0 Å². The normalized spacial score (nSPS) is 13.9. The molecule has 1 aliphatic carbocycles. The van der Waals surface area contributed by atoms with Crippen molar-refractivity contribution in [3.05, 3.63) is 57.6 Å². The van der Waals surface area contributed by atoms with E-state index in [1.807, 2.05) is 0 Å². The molecular formula is C23H30. The fraction of sp³-hybridized carbons (Fsp3) is 0.478. The van der Waals surface area contributed by atoms with Gasteiger partial charge in [-0.3, -0.25) is 0 Å². The van der Waals surface area contributed by atoms with Gasteiger partial charge in [0.15, 0.2) is 0 Å². The third kappa shape index (κ3) is 2.63. The molecule has 0 saturated heterocycles. The van der Waals surface area contributed by atoms with E-state index in [-0.39, 0.29) is 10.8 Å². The summed E-state index contributed by atoms with van der Waals surface area (Å²) in [6.07, 6.45) is 1.09. The molecule has 23 heavy (non-hydrogen) atoms. The Kier molecular flexibility index (Phi) is 3.52. The average molecular weight is 306 g/mol. The summed E-state index contributed by atoms with van der Waals surface area (Å²) in [5, 5.41) is 0. The average Bonchev–Trinajstić information content (AvgIpc) is 2.78. The Morgan fingerprint density at radius 1 is 0.739 bits per heavy atom. The van der Waals surface area contributed by atoms with Crippen LogP contribution in [0.1, 0.15) is 74.9 Å². The summed E-state index contributed by atoms with van der Waals surface area (Å²) in [7, 11) is 0. The molecule has 0 saturated carbocycles. The molecule has 0 unspecified atom stereocenters. The van der Waals surface area contributed by atoms with Crippen molar-refractivity contribution in [1.82, 2.24) is 0 Å². The lowest BCUT2D eigenvalue weighted by Gasteiger charge is -2.25. The summed E-state index contributed by atoms with van der Waals surface area (Å²) in [5.41, 5.74) is 12.2. The second-order valence-corrected chi connectivity index (χ2v) is 9.25. The number of hydrogen-bond donors (Lipinski definition) is 0. The first kappa shape index (κ1) is 16.3. The van der Waals surface area contributed by atoms with Crippen LogP contribution in [0.15, 0.2) is 24.3 Å². The molecule has 0 atom stereocenters. The zero-order chi connectivity index (χ0) is 17.2. The second kappa shape index (κ2) is 4.97. The molecule has 0 aliphatic heterocycles. The molecule has 3 rings (SSSR count). The minimum Gasteiger partial charge on any atom is -0.0582 e.